The summed E-state index contributed by atoms with van der Waals surface area (Å²) in [4.78, 5) is 0. The summed E-state index contributed by atoms with van der Waals surface area (Å²) < 4.78 is 31.6. The molecule has 1 aromatic rings. The van der Waals surface area contributed by atoms with Crippen molar-refractivity contribution in [3.8, 4) is 5.75 Å². The summed E-state index contributed by atoms with van der Waals surface area (Å²) in [6, 6.07) is 8.21. The number of hydrogen-bond donors (Lipinski definition) is 2. The average Bonchev–Trinajstić information content (AvgIpc) is 2.57. The first-order valence-electron chi connectivity index (χ1n) is 9.36. The summed E-state index contributed by atoms with van der Waals surface area (Å²) in [5, 5.41) is 3.06. The number of nitrogens with one attached hydrogen (secondary N) is 2. The highest BCUT2D eigenvalue weighted by molar-refractivity contribution is 7.90. The van der Waals surface area contributed by atoms with Crippen molar-refractivity contribution in [1.82, 2.24) is 10.0 Å². The SMILES string of the molecule is CCCCOc1cccc(CNCCCCCNS(=O)(=O)C(C)C)c1. The Bertz CT molecular complexity index is 574. The Hall–Kier alpha value is -1.11. The first-order chi connectivity index (χ1) is 12.0. The molecule has 6 heteroatoms. The zero-order valence-electron chi connectivity index (χ0n) is 15.9. The molecule has 0 aliphatic carbocycles. The van der Waals surface area contributed by atoms with Gasteiger partial charge in [-0.15, -0.1) is 0 Å². The predicted octanol–water partition coefficient (Wildman–Crippen LogP) is 3.45. The minimum atomic E-state index is -3.12. The Morgan fingerprint density at radius 1 is 1.08 bits per heavy atom. The summed E-state index contributed by atoms with van der Waals surface area (Å²) in [6.07, 6.45) is 5.13. The second-order valence-electron chi connectivity index (χ2n) is 6.57. The molecule has 0 saturated carbocycles. The number of sulfonamides is 1. The highest BCUT2D eigenvalue weighted by Crippen LogP contribution is 2.13. The first-order valence-corrected chi connectivity index (χ1v) is 10.9. The molecule has 0 spiro atoms. The van der Waals surface area contributed by atoms with Gasteiger partial charge in [-0.05, 0) is 57.4 Å². The van der Waals surface area contributed by atoms with Gasteiger partial charge in [-0.3, -0.25) is 0 Å². The smallest absolute Gasteiger partial charge is 0.213 e. The molecule has 0 bridgehead atoms. The molecule has 0 radical (unpaired) electrons. The maximum absolute atomic E-state index is 11.6. The van der Waals surface area contributed by atoms with Crippen LogP contribution in [-0.2, 0) is 16.6 Å². The Morgan fingerprint density at radius 3 is 2.56 bits per heavy atom. The fourth-order valence-corrected chi connectivity index (χ4v) is 3.01. The third-order valence-electron chi connectivity index (χ3n) is 3.95. The van der Waals surface area contributed by atoms with Crippen LogP contribution in [0.3, 0.4) is 0 Å². The molecule has 0 fully saturated rings. The van der Waals surface area contributed by atoms with Gasteiger partial charge in [0.15, 0.2) is 0 Å². The molecule has 0 aromatic heterocycles. The van der Waals surface area contributed by atoms with Gasteiger partial charge in [0.05, 0.1) is 11.9 Å². The Labute approximate surface area is 153 Å². The lowest BCUT2D eigenvalue weighted by molar-refractivity contribution is 0.309. The van der Waals surface area contributed by atoms with Crippen LogP contribution in [0.25, 0.3) is 0 Å². The maximum atomic E-state index is 11.6. The molecule has 2 N–H and O–H groups in total. The van der Waals surface area contributed by atoms with Crippen molar-refractivity contribution in [2.45, 2.75) is 64.7 Å². The minimum Gasteiger partial charge on any atom is -0.494 e. The van der Waals surface area contributed by atoms with Crippen LogP contribution in [0, 0.1) is 0 Å². The van der Waals surface area contributed by atoms with Crippen LogP contribution in [0.5, 0.6) is 5.75 Å². The molecular formula is C19H34N2O3S. The summed E-state index contributed by atoms with van der Waals surface area (Å²) in [5.41, 5.74) is 1.22. The van der Waals surface area contributed by atoms with Crippen LogP contribution >= 0.6 is 0 Å². The molecule has 0 aliphatic heterocycles. The molecule has 0 amide bonds. The molecule has 0 saturated heterocycles. The van der Waals surface area contributed by atoms with Gasteiger partial charge in [0, 0.05) is 13.1 Å². The van der Waals surface area contributed by atoms with Gasteiger partial charge in [0.1, 0.15) is 5.75 Å². The van der Waals surface area contributed by atoms with E-state index in [4.69, 9.17) is 4.74 Å². The van der Waals surface area contributed by atoms with Gasteiger partial charge >= 0.3 is 0 Å². The fraction of sp³-hybridized carbons (Fsp3) is 0.684. The fourth-order valence-electron chi connectivity index (χ4n) is 2.25. The van der Waals surface area contributed by atoms with Gasteiger partial charge in [-0.25, -0.2) is 13.1 Å². The number of hydrogen-bond acceptors (Lipinski definition) is 4. The molecule has 0 heterocycles. The standard InChI is InChI=1S/C19H34N2O3S/c1-4-5-14-24-19-11-9-10-18(15-19)16-20-12-7-6-8-13-21-25(22,23)17(2)3/h9-11,15,17,20-21H,4-8,12-14,16H2,1-3H3. The predicted molar refractivity (Wildman–Crippen MR) is 104 cm³/mol. The van der Waals surface area contributed by atoms with Crippen LogP contribution in [0.15, 0.2) is 24.3 Å². The van der Waals surface area contributed by atoms with Crippen molar-refractivity contribution < 1.29 is 13.2 Å². The minimum absolute atomic E-state index is 0.365. The molecule has 0 unspecified atom stereocenters. The number of ether oxygens (including phenoxy) is 1. The van der Waals surface area contributed by atoms with E-state index in [1.807, 2.05) is 12.1 Å². The second-order valence-corrected chi connectivity index (χ2v) is 8.90. The van der Waals surface area contributed by atoms with E-state index in [1.165, 1.54) is 5.56 Å². The quantitative estimate of drug-likeness (QED) is 0.492. The van der Waals surface area contributed by atoms with E-state index in [0.717, 1.165) is 57.6 Å². The van der Waals surface area contributed by atoms with Crippen LogP contribution in [0.1, 0.15) is 58.4 Å². The van der Waals surface area contributed by atoms with E-state index in [0.29, 0.717) is 6.54 Å². The largest absolute Gasteiger partial charge is 0.494 e. The molecular weight excluding hydrogens is 336 g/mol. The summed E-state index contributed by atoms with van der Waals surface area (Å²) >= 11 is 0. The Morgan fingerprint density at radius 2 is 1.84 bits per heavy atom. The highest BCUT2D eigenvalue weighted by atomic mass is 32.2. The molecule has 1 rings (SSSR count). The van der Waals surface area contributed by atoms with Crippen LogP contribution in [0.2, 0.25) is 0 Å². The van der Waals surface area contributed by atoms with E-state index in [2.05, 4.69) is 29.1 Å². The molecule has 0 atom stereocenters. The summed E-state index contributed by atoms with van der Waals surface area (Å²) in [6.45, 7) is 8.59. The van der Waals surface area contributed by atoms with Crippen molar-refractivity contribution in [2.24, 2.45) is 0 Å². The maximum Gasteiger partial charge on any atom is 0.213 e. The number of rotatable bonds is 14. The van der Waals surface area contributed by atoms with Gasteiger partial charge in [-0.2, -0.15) is 0 Å². The van der Waals surface area contributed by atoms with Gasteiger partial charge in [0.2, 0.25) is 10.0 Å². The van der Waals surface area contributed by atoms with Gasteiger partial charge < -0.3 is 10.1 Å². The third kappa shape index (κ3) is 9.82. The zero-order valence-corrected chi connectivity index (χ0v) is 16.7. The second kappa shape index (κ2) is 12.3. The van der Waals surface area contributed by atoms with Crippen molar-refractivity contribution >= 4 is 10.0 Å². The van der Waals surface area contributed by atoms with Crippen molar-refractivity contribution in [2.75, 3.05) is 19.7 Å². The van der Waals surface area contributed by atoms with Crippen LogP contribution < -0.4 is 14.8 Å². The topological polar surface area (TPSA) is 67.4 Å². The van der Waals surface area contributed by atoms with E-state index in [-0.39, 0.29) is 5.25 Å². The highest BCUT2D eigenvalue weighted by Gasteiger charge is 2.13. The number of unbranched alkanes of at least 4 members (excludes halogenated alkanes) is 3. The molecule has 0 aliphatic rings. The monoisotopic (exact) mass is 370 g/mol. The lowest BCUT2D eigenvalue weighted by atomic mass is 10.2. The lowest BCUT2D eigenvalue weighted by Crippen LogP contribution is -2.31. The van der Waals surface area contributed by atoms with Gasteiger partial charge in [-0.1, -0.05) is 31.9 Å². The van der Waals surface area contributed by atoms with Crippen molar-refractivity contribution in [3.63, 3.8) is 0 Å². The molecule has 25 heavy (non-hydrogen) atoms. The van der Waals surface area contributed by atoms with Gasteiger partial charge in [0.25, 0.3) is 0 Å². The van der Waals surface area contributed by atoms with E-state index in [9.17, 15) is 8.42 Å². The zero-order chi connectivity index (χ0) is 18.5. The Balaban J connectivity index is 2.11. The van der Waals surface area contributed by atoms with E-state index >= 15 is 0 Å². The Kier molecular flexibility index (Phi) is 10.8. The molecule has 144 valence electrons. The van der Waals surface area contributed by atoms with Crippen molar-refractivity contribution in [1.29, 1.82) is 0 Å². The van der Waals surface area contributed by atoms with Crippen molar-refractivity contribution in [3.05, 3.63) is 29.8 Å². The first kappa shape index (κ1) is 21.9. The normalized spacial score (nSPS) is 11.8. The molecule has 1 aromatic carbocycles. The van der Waals surface area contributed by atoms with E-state index < -0.39 is 10.0 Å². The summed E-state index contributed by atoms with van der Waals surface area (Å²) in [5.74, 6) is 0.935. The van der Waals surface area contributed by atoms with E-state index in [1.54, 1.807) is 13.8 Å². The van der Waals surface area contributed by atoms with Crippen LogP contribution in [-0.4, -0.2) is 33.4 Å². The van der Waals surface area contributed by atoms with Crippen LogP contribution in [0.4, 0.5) is 0 Å². The average molecular weight is 371 g/mol. The third-order valence-corrected chi connectivity index (χ3v) is 5.80. The molecule has 5 nitrogen and oxygen atoms in total. The summed E-state index contributed by atoms with van der Waals surface area (Å²) in [7, 11) is -3.12. The number of benzene rings is 1. The lowest BCUT2D eigenvalue weighted by Gasteiger charge is -2.10.